The minimum Gasteiger partial charge on any atom is -0.338 e. The Hall–Kier alpha value is -2.50. The van der Waals surface area contributed by atoms with E-state index in [9.17, 15) is 9.59 Å². The Bertz CT molecular complexity index is 857. The molecule has 0 bridgehead atoms. The van der Waals surface area contributed by atoms with Crippen LogP contribution in [0.1, 0.15) is 66.5 Å². The molecule has 29 heavy (non-hydrogen) atoms. The summed E-state index contributed by atoms with van der Waals surface area (Å²) in [5.74, 6) is -0.837. The summed E-state index contributed by atoms with van der Waals surface area (Å²) in [5, 5.41) is 0. The average Bonchev–Trinajstić information content (AvgIpc) is 3.42. The van der Waals surface area contributed by atoms with Crippen LogP contribution in [0.2, 0.25) is 0 Å². The third-order valence-electron chi connectivity index (χ3n) is 4.87. The molecule has 1 fully saturated rings. The minimum absolute atomic E-state index is 0.178. The van der Waals surface area contributed by atoms with Crippen LogP contribution in [0, 0.1) is 0 Å². The van der Waals surface area contributed by atoms with Gasteiger partial charge in [-0.25, -0.2) is 0 Å². The van der Waals surface area contributed by atoms with Crippen molar-refractivity contribution in [3.63, 3.8) is 0 Å². The molecule has 0 aliphatic carbocycles. The standard InChI is InChI=1S/C14H20O2.C10H9NO2/c1-5-11-6-8-12(9-7-11)14(10-15-14)16-13(2,3)4;1-2-11-9(12)7-5-3-4-6-8(7)10(11)13/h6-9H,5,10H2,1-4H3;3-6H,2H2,1H3. The van der Waals surface area contributed by atoms with Gasteiger partial charge in [-0.15, -0.1) is 0 Å². The van der Waals surface area contributed by atoms with Crippen LogP contribution in [0.3, 0.4) is 0 Å². The number of carbonyl (C=O) groups is 2. The van der Waals surface area contributed by atoms with Crippen LogP contribution in [-0.4, -0.2) is 35.5 Å². The van der Waals surface area contributed by atoms with Crippen molar-refractivity contribution in [1.29, 1.82) is 0 Å². The lowest BCUT2D eigenvalue weighted by Gasteiger charge is -2.25. The summed E-state index contributed by atoms with van der Waals surface area (Å²) in [6.07, 6.45) is 1.06. The molecule has 2 aromatic carbocycles. The summed E-state index contributed by atoms with van der Waals surface area (Å²) in [4.78, 5) is 24.3. The van der Waals surface area contributed by atoms with Gasteiger partial charge in [0.05, 0.1) is 16.7 Å². The van der Waals surface area contributed by atoms with E-state index in [-0.39, 0.29) is 17.4 Å². The molecule has 154 valence electrons. The Morgan fingerprint density at radius 1 is 0.966 bits per heavy atom. The average molecular weight is 395 g/mol. The molecule has 2 aromatic rings. The zero-order valence-electron chi connectivity index (χ0n) is 17.8. The predicted molar refractivity (Wildman–Crippen MR) is 112 cm³/mol. The van der Waals surface area contributed by atoms with Gasteiger partial charge in [-0.3, -0.25) is 14.5 Å². The number of carbonyl (C=O) groups excluding carboxylic acids is 2. The number of epoxide rings is 1. The van der Waals surface area contributed by atoms with Crippen molar-refractivity contribution in [1.82, 2.24) is 4.90 Å². The molecule has 2 heterocycles. The fraction of sp³-hybridized carbons (Fsp3) is 0.417. The van der Waals surface area contributed by atoms with Crippen molar-refractivity contribution in [2.75, 3.05) is 13.2 Å². The lowest BCUT2D eigenvalue weighted by molar-refractivity contribution is -0.132. The Morgan fingerprint density at radius 2 is 1.48 bits per heavy atom. The van der Waals surface area contributed by atoms with Gasteiger partial charge in [0.2, 0.25) is 5.79 Å². The first kappa shape index (κ1) is 21.2. The van der Waals surface area contributed by atoms with Crippen molar-refractivity contribution >= 4 is 11.8 Å². The molecule has 5 nitrogen and oxygen atoms in total. The maximum atomic E-state index is 11.5. The topological polar surface area (TPSA) is 59.1 Å². The predicted octanol–water partition coefficient (Wildman–Crippen LogP) is 4.55. The fourth-order valence-electron chi connectivity index (χ4n) is 3.37. The van der Waals surface area contributed by atoms with Gasteiger partial charge in [0.1, 0.15) is 6.61 Å². The molecular weight excluding hydrogens is 366 g/mol. The van der Waals surface area contributed by atoms with Gasteiger partial charge in [0.25, 0.3) is 11.8 Å². The number of nitrogens with zero attached hydrogens (tertiary/aromatic N) is 1. The smallest absolute Gasteiger partial charge is 0.261 e. The molecule has 0 radical (unpaired) electrons. The van der Waals surface area contributed by atoms with Crippen LogP contribution >= 0.6 is 0 Å². The molecular formula is C24H29NO4. The number of amides is 2. The quantitative estimate of drug-likeness (QED) is 0.563. The molecule has 1 atom stereocenters. The summed E-state index contributed by atoms with van der Waals surface area (Å²) < 4.78 is 11.5. The van der Waals surface area contributed by atoms with Crippen molar-refractivity contribution in [3.05, 3.63) is 70.8 Å². The number of rotatable bonds is 4. The number of fused-ring (bicyclic) bond motifs is 1. The van der Waals surface area contributed by atoms with Crippen LogP contribution in [0.4, 0.5) is 0 Å². The number of ether oxygens (including phenoxy) is 2. The molecule has 2 aliphatic rings. The fourth-order valence-corrected chi connectivity index (χ4v) is 3.37. The van der Waals surface area contributed by atoms with Gasteiger partial charge >= 0.3 is 0 Å². The largest absolute Gasteiger partial charge is 0.338 e. The maximum Gasteiger partial charge on any atom is 0.261 e. The monoisotopic (exact) mass is 395 g/mol. The van der Waals surface area contributed by atoms with Crippen LogP contribution in [-0.2, 0) is 21.7 Å². The van der Waals surface area contributed by atoms with Crippen LogP contribution in [0.5, 0.6) is 0 Å². The molecule has 0 spiro atoms. The molecule has 1 unspecified atom stereocenters. The Labute approximate surface area is 172 Å². The summed E-state index contributed by atoms with van der Waals surface area (Å²) in [5.41, 5.74) is 3.33. The summed E-state index contributed by atoms with van der Waals surface area (Å²) in [6, 6.07) is 15.4. The van der Waals surface area contributed by atoms with E-state index in [0.717, 1.165) is 12.0 Å². The van der Waals surface area contributed by atoms with Crippen LogP contribution < -0.4 is 0 Å². The van der Waals surface area contributed by atoms with Crippen molar-refractivity contribution < 1.29 is 19.1 Å². The van der Waals surface area contributed by atoms with E-state index in [1.165, 1.54) is 10.5 Å². The van der Waals surface area contributed by atoms with Crippen molar-refractivity contribution in [3.8, 4) is 0 Å². The summed E-state index contributed by atoms with van der Waals surface area (Å²) >= 11 is 0. The molecule has 1 saturated heterocycles. The zero-order chi connectivity index (χ0) is 21.2. The molecule has 2 amide bonds. The van der Waals surface area contributed by atoms with Gasteiger partial charge < -0.3 is 9.47 Å². The Balaban J connectivity index is 0.000000169. The molecule has 0 aromatic heterocycles. The van der Waals surface area contributed by atoms with E-state index in [0.29, 0.717) is 24.3 Å². The van der Waals surface area contributed by atoms with Gasteiger partial charge in [-0.2, -0.15) is 0 Å². The number of imide groups is 1. The highest BCUT2D eigenvalue weighted by atomic mass is 16.8. The van der Waals surface area contributed by atoms with E-state index >= 15 is 0 Å². The second-order valence-electron chi connectivity index (χ2n) is 8.21. The molecule has 2 aliphatic heterocycles. The lowest BCUT2D eigenvalue weighted by Crippen LogP contribution is -2.29. The second-order valence-corrected chi connectivity index (χ2v) is 8.21. The Kier molecular flexibility index (Phi) is 5.92. The van der Waals surface area contributed by atoms with E-state index < -0.39 is 5.79 Å². The van der Waals surface area contributed by atoms with E-state index in [1.54, 1.807) is 31.2 Å². The highest BCUT2D eigenvalue weighted by Crippen LogP contribution is 2.43. The molecule has 5 heteroatoms. The number of hydrogen-bond donors (Lipinski definition) is 0. The van der Waals surface area contributed by atoms with E-state index in [2.05, 4.69) is 52.0 Å². The number of benzene rings is 2. The maximum absolute atomic E-state index is 11.5. The van der Waals surface area contributed by atoms with Gasteiger partial charge in [-0.05, 0) is 51.8 Å². The molecule has 4 rings (SSSR count). The number of hydrogen-bond acceptors (Lipinski definition) is 4. The van der Waals surface area contributed by atoms with Crippen LogP contribution in [0.25, 0.3) is 0 Å². The SMILES string of the molecule is CCN1C(=O)c2ccccc2C1=O.CCc1ccc(C2(OC(C)(C)C)CO2)cc1. The van der Waals surface area contributed by atoms with E-state index in [1.807, 2.05) is 0 Å². The molecule has 0 N–H and O–H groups in total. The third-order valence-corrected chi connectivity index (χ3v) is 4.87. The lowest BCUT2D eigenvalue weighted by atomic mass is 10.1. The molecule has 0 saturated carbocycles. The normalized spacial score (nSPS) is 20.2. The van der Waals surface area contributed by atoms with Crippen molar-refractivity contribution in [2.24, 2.45) is 0 Å². The highest BCUT2D eigenvalue weighted by molar-refractivity contribution is 6.21. The zero-order valence-corrected chi connectivity index (χ0v) is 17.8. The van der Waals surface area contributed by atoms with Gasteiger partial charge in [0.15, 0.2) is 0 Å². The summed E-state index contributed by atoms with van der Waals surface area (Å²) in [6.45, 7) is 11.2. The minimum atomic E-state index is -0.482. The highest BCUT2D eigenvalue weighted by Gasteiger charge is 2.50. The summed E-state index contributed by atoms with van der Waals surface area (Å²) in [7, 11) is 0. The second kappa shape index (κ2) is 8.09. The van der Waals surface area contributed by atoms with Gasteiger partial charge in [-0.1, -0.05) is 43.3 Å². The number of aryl methyl sites for hydroxylation is 1. The van der Waals surface area contributed by atoms with E-state index in [4.69, 9.17) is 9.47 Å². The third kappa shape index (κ3) is 4.57. The van der Waals surface area contributed by atoms with Gasteiger partial charge in [0, 0.05) is 12.1 Å². The van der Waals surface area contributed by atoms with Crippen molar-refractivity contribution in [2.45, 2.75) is 52.4 Å². The van der Waals surface area contributed by atoms with Crippen LogP contribution in [0.15, 0.2) is 48.5 Å². The first-order valence-electron chi connectivity index (χ1n) is 10.1. The Morgan fingerprint density at radius 3 is 1.86 bits per heavy atom. The first-order valence-corrected chi connectivity index (χ1v) is 10.1. The first-order chi connectivity index (χ1) is 13.7.